The average Bonchev–Trinajstić information content (AvgIpc) is 2.21. The molecule has 0 saturated heterocycles. The Morgan fingerprint density at radius 3 is 2.69 bits per heavy atom. The first-order chi connectivity index (χ1) is 6.45. The summed E-state index contributed by atoms with van der Waals surface area (Å²) in [5, 5.41) is 0. The van der Waals surface area contributed by atoms with Crippen LogP contribution in [0.15, 0.2) is 54.1 Å². The maximum absolute atomic E-state index is 3.14. The average molecular weight is 168 g/mol. The largest absolute Gasteiger partial charge is 0.0801 e. The molecule has 0 nitrogen and oxygen atoms in total. The van der Waals surface area contributed by atoms with Crippen LogP contribution in [0.1, 0.15) is 12.0 Å². The summed E-state index contributed by atoms with van der Waals surface area (Å²) < 4.78 is 0. The Morgan fingerprint density at radius 1 is 1.15 bits per heavy atom. The second-order valence-electron chi connectivity index (χ2n) is 3.18. The lowest BCUT2D eigenvalue weighted by Crippen LogP contribution is -1.90. The minimum absolute atomic E-state index is 0.957. The van der Waals surface area contributed by atoms with E-state index in [4.69, 9.17) is 0 Å². The van der Waals surface area contributed by atoms with Gasteiger partial charge in [0.05, 0.1) is 0 Å². The third-order valence-corrected chi connectivity index (χ3v) is 2.15. The summed E-state index contributed by atoms with van der Waals surface area (Å²) in [6, 6.07) is 10.5. The van der Waals surface area contributed by atoms with Gasteiger partial charge in [0.15, 0.2) is 0 Å². The van der Waals surface area contributed by atoms with Gasteiger partial charge in [-0.15, -0.1) is 0 Å². The van der Waals surface area contributed by atoms with Crippen molar-refractivity contribution in [3.05, 3.63) is 66.1 Å². The first-order valence-electron chi connectivity index (χ1n) is 4.58. The van der Waals surface area contributed by atoms with Gasteiger partial charge in [0, 0.05) is 6.42 Å². The molecule has 0 heterocycles. The molecule has 0 bridgehead atoms. The van der Waals surface area contributed by atoms with Gasteiger partial charge >= 0.3 is 0 Å². The number of hydrogen-bond acceptors (Lipinski definition) is 0. The molecular weight excluding hydrogens is 156 g/mol. The molecule has 0 unspecified atom stereocenters. The summed E-state index contributed by atoms with van der Waals surface area (Å²) in [5.41, 5.74) is 2.77. The second kappa shape index (κ2) is 4.08. The molecule has 0 heteroatoms. The van der Waals surface area contributed by atoms with Crippen molar-refractivity contribution in [3.8, 4) is 0 Å². The molecule has 1 aliphatic rings. The van der Waals surface area contributed by atoms with Crippen molar-refractivity contribution in [3.63, 3.8) is 0 Å². The molecule has 1 aromatic carbocycles. The van der Waals surface area contributed by atoms with E-state index in [1.54, 1.807) is 0 Å². The third-order valence-electron chi connectivity index (χ3n) is 2.15. The predicted octanol–water partition coefficient (Wildman–Crippen LogP) is 3.20. The highest BCUT2D eigenvalue weighted by molar-refractivity contribution is 5.32. The Kier molecular flexibility index (Phi) is 2.61. The van der Waals surface area contributed by atoms with Crippen LogP contribution in [0.5, 0.6) is 0 Å². The molecule has 0 spiro atoms. The number of rotatable bonds is 2. The summed E-state index contributed by atoms with van der Waals surface area (Å²) in [7, 11) is 0. The predicted molar refractivity (Wildman–Crippen MR) is 55.2 cm³/mol. The molecule has 2 rings (SSSR count). The number of allylic oxidation sites excluding steroid dienone is 4. The van der Waals surface area contributed by atoms with E-state index >= 15 is 0 Å². The molecule has 0 aliphatic heterocycles. The SMILES string of the molecule is [C]1C=CC(Cc2ccccc2)=CC1. The molecule has 0 atom stereocenters. The van der Waals surface area contributed by atoms with Crippen molar-refractivity contribution in [1.29, 1.82) is 0 Å². The smallest absolute Gasteiger partial charge is 0.0125 e. The maximum Gasteiger partial charge on any atom is 0.0125 e. The van der Waals surface area contributed by atoms with Crippen molar-refractivity contribution in [2.24, 2.45) is 0 Å². The number of benzene rings is 1. The summed E-state index contributed by atoms with van der Waals surface area (Å²) in [6.07, 6.45) is 11.5. The van der Waals surface area contributed by atoms with Gasteiger partial charge in [-0.3, -0.25) is 0 Å². The Morgan fingerprint density at radius 2 is 2.00 bits per heavy atom. The fraction of sp³-hybridized carbons (Fsp3) is 0.154. The molecule has 64 valence electrons. The molecule has 0 amide bonds. The fourth-order valence-corrected chi connectivity index (χ4v) is 1.45. The van der Waals surface area contributed by atoms with Gasteiger partial charge in [0.2, 0.25) is 0 Å². The van der Waals surface area contributed by atoms with Crippen molar-refractivity contribution in [2.75, 3.05) is 0 Å². The topological polar surface area (TPSA) is 0 Å². The first kappa shape index (κ1) is 8.31. The van der Waals surface area contributed by atoms with E-state index in [9.17, 15) is 0 Å². The quantitative estimate of drug-likeness (QED) is 0.636. The summed E-state index contributed by atoms with van der Waals surface area (Å²) in [6.45, 7) is 0. The van der Waals surface area contributed by atoms with Gasteiger partial charge in [0.1, 0.15) is 0 Å². The van der Waals surface area contributed by atoms with Crippen LogP contribution < -0.4 is 0 Å². The van der Waals surface area contributed by atoms with Crippen LogP contribution in [0.4, 0.5) is 0 Å². The van der Waals surface area contributed by atoms with Crippen LogP contribution in [0.25, 0.3) is 0 Å². The van der Waals surface area contributed by atoms with Crippen LogP contribution in [0, 0.1) is 6.42 Å². The standard InChI is InChI=1S/C13H12/c1-3-7-12(8-4-1)11-13-9-5-2-6-10-13/h1,3-5,7-10H,6,11H2. The van der Waals surface area contributed by atoms with E-state index in [1.165, 1.54) is 11.1 Å². The van der Waals surface area contributed by atoms with Crippen LogP contribution in [0.2, 0.25) is 0 Å². The van der Waals surface area contributed by atoms with Crippen molar-refractivity contribution in [2.45, 2.75) is 12.8 Å². The van der Waals surface area contributed by atoms with Gasteiger partial charge in [0.25, 0.3) is 0 Å². The third kappa shape index (κ3) is 2.32. The van der Waals surface area contributed by atoms with E-state index in [0.29, 0.717) is 0 Å². The van der Waals surface area contributed by atoms with Gasteiger partial charge in [-0.25, -0.2) is 0 Å². The van der Waals surface area contributed by atoms with Crippen molar-refractivity contribution >= 4 is 0 Å². The Hall–Kier alpha value is -1.30. The Bertz CT molecular complexity index is 317. The molecular formula is C13H12. The molecule has 13 heavy (non-hydrogen) atoms. The first-order valence-corrected chi connectivity index (χ1v) is 4.58. The van der Waals surface area contributed by atoms with Crippen molar-refractivity contribution in [1.82, 2.24) is 0 Å². The van der Waals surface area contributed by atoms with Crippen LogP contribution in [-0.2, 0) is 6.42 Å². The number of hydrogen-bond donors (Lipinski definition) is 0. The molecule has 1 aromatic rings. The Balaban J connectivity index is 2.06. The highest BCUT2D eigenvalue weighted by Gasteiger charge is 1.98. The van der Waals surface area contributed by atoms with Gasteiger partial charge in [-0.2, -0.15) is 0 Å². The van der Waals surface area contributed by atoms with Gasteiger partial charge in [-0.1, -0.05) is 48.6 Å². The van der Waals surface area contributed by atoms with E-state index in [2.05, 4.69) is 48.9 Å². The normalized spacial score (nSPS) is 15.5. The minimum atomic E-state index is 0.957. The lowest BCUT2D eigenvalue weighted by atomic mass is 10.00. The minimum Gasteiger partial charge on any atom is -0.0801 e. The van der Waals surface area contributed by atoms with E-state index in [1.807, 2.05) is 6.08 Å². The lowest BCUT2D eigenvalue weighted by molar-refractivity contribution is 1.12. The zero-order chi connectivity index (χ0) is 8.93. The monoisotopic (exact) mass is 168 g/mol. The van der Waals surface area contributed by atoms with Crippen LogP contribution in [0.3, 0.4) is 0 Å². The highest BCUT2D eigenvalue weighted by atomic mass is 14.0. The molecule has 0 fully saturated rings. The van der Waals surface area contributed by atoms with Crippen LogP contribution in [-0.4, -0.2) is 0 Å². The fourth-order valence-electron chi connectivity index (χ4n) is 1.45. The summed E-state index contributed by atoms with van der Waals surface area (Å²) in [4.78, 5) is 0. The van der Waals surface area contributed by atoms with E-state index < -0.39 is 0 Å². The van der Waals surface area contributed by atoms with Crippen molar-refractivity contribution < 1.29 is 0 Å². The maximum atomic E-state index is 3.14. The molecule has 0 N–H and O–H groups in total. The van der Waals surface area contributed by atoms with E-state index in [-0.39, 0.29) is 0 Å². The highest BCUT2D eigenvalue weighted by Crippen LogP contribution is 2.14. The lowest BCUT2D eigenvalue weighted by Gasteiger charge is -2.05. The molecule has 2 radical (unpaired) electrons. The molecule has 1 aliphatic carbocycles. The molecule has 0 aromatic heterocycles. The molecule has 0 saturated carbocycles. The van der Waals surface area contributed by atoms with Crippen LogP contribution >= 0.6 is 0 Å². The summed E-state index contributed by atoms with van der Waals surface area (Å²) >= 11 is 0. The zero-order valence-corrected chi connectivity index (χ0v) is 7.53. The van der Waals surface area contributed by atoms with E-state index in [0.717, 1.165) is 12.8 Å². The van der Waals surface area contributed by atoms with Gasteiger partial charge < -0.3 is 0 Å². The summed E-state index contributed by atoms with van der Waals surface area (Å²) in [5.74, 6) is 0. The second-order valence-corrected chi connectivity index (χ2v) is 3.18. The Labute approximate surface area is 79.6 Å². The van der Waals surface area contributed by atoms with Gasteiger partial charge in [-0.05, 0) is 24.0 Å². The zero-order valence-electron chi connectivity index (χ0n) is 7.53.